The van der Waals surface area contributed by atoms with Crippen molar-refractivity contribution in [3.8, 4) is 5.75 Å². The highest BCUT2D eigenvalue weighted by atomic mass is 79.9. The molecule has 3 nitrogen and oxygen atoms in total. The normalized spacial score (nSPS) is 16.5. The van der Waals surface area contributed by atoms with Crippen LogP contribution in [0.4, 0.5) is 5.69 Å². The van der Waals surface area contributed by atoms with Crippen molar-refractivity contribution >= 4 is 27.5 Å². The van der Waals surface area contributed by atoms with Crippen LogP contribution in [0.2, 0.25) is 0 Å². The molecule has 1 aromatic carbocycles. The van der Waals surface area contributed by atoms with Gasteiger partial charge in [0.05, 0.1) is 6.10 Å². The summed E-state index contributed by atoms with van der Waals surface area (Å²) in [5.41, 5.74) is 1.85. The summed E-state index contributed by atoms with van der Waals surface area (Å²) in [4.78, 5) is 11.9. The van der Waals surface area contributed by atoms with Crippen LogP contribution in [-0.2, 0) is 4.79 Å². The van der Waals surface area contributed by atoms with Gasteiger partial charge in [-0.15, -0.1) is 0 Å². The Balaban J connectivity index is 2.06. The predicted molar refractivity (Wildman–Crippen MR) is 76.5 cm³/mol. The number of alkyl halides is 1. The van der Waals surface area contributed by atoms with Gasteiger partial charge < -0.3 is 10.1 Å². The van der Waals surface area contributed by atoms with Gasteiger partial charge in [0.2, 0.25) is 5.91 Å². The molecule has 1 N–H and O–H groups in total. The zero-order valence-corrected chi connectivity index (χ0v) is 12.5. The number of carbonyl (C=O) groups excluding carboxylic acids is 1. The standard InChI is InChI=1S/C14H18BrNO2/c1-9(2)18-12-5-4-11(8-10(12)3)16-13(17)14(15)6-7-14/h4-5,8-9H,6-7H2,1-3H3,(H,16,17). The SMILES string of the molecule is Cc1cc(NC(=O)C2(Br)CC2)ccc1OC(C)C. The van der Waals surface area contributed by atoms with Gasteiger partial charge in [0.15, 0.2) is 0 Å². The molecule has 0 heterocycles. The maximum absolute atomic E-state index is 11.9. The second-order valence-corrected chi connectivity index (χ2v) is 6.58. The van der Waals surface area contributed by atoms with Crippen LogP contribution in [0.3, 0.4) is 0 Å². The fraction of sp³-hybridized carbons (Fsp3) is 0.500. The number of benzene rings is 1. The van der Waals surface area contributed by atoms with E-state index < -0.39 is 0 Å². The molecule has 2 rings (SSSR count). The van der Waals surface area contributed by atoms with Crippen LogP contribution in [0, 0.1) is 6.92 Å². The summed E-state index contributed by atoms with van der Waals surface area (Å²) in [5.74, 6) is 0.905. The number of halogens is 1. The van der Waals surface area contributed by atoms with Crippen LogP contribution in [0.1, 0.15) is 32.3 Å². The van der Waals surface area contributed by atoms with Crippen molar-refractivity contribution in [2.75, 3.05) is 5.32 Å². The van der Waals surface area contributed by atoms with Gasteiger partial charge in [0.25, 0.3) is 0 Å². The Morgan fingerprint density at radius 2 is 2.11 bits per heavy atom. The quantitative estimate of drug-likeness (QED) is 0.862. The van der Waals surface area contributed by atoms with E-state index in [1.165, 1.54) is 0 Å². The van der Waals surface area contributed by atoms with Crippen LogP contribution in [-0.4, -0.2) is 16.3 Å². The summed E-state index contributed by atoms with van der Waals surface area (Å²) < 4.78 is 5.34. The lowest BCUT2D eigenvalue weighted by atomic mass is 10.2. The number of nitrogens with one attached hydrogen (secondary N) is 1. The number of hydrogen-bond donors (Lipinski definition) is 1. The fourth-order valence-corrected chi connectivity index (χ4v) is 1.99. The molecule has 1 aromatic rings. The van der Waals surface area contributed by atoms with Crippen LogP contribution >= 0.6 is 15.9 Å². The summed E-state index contributed by atoms with van der Waals surface area (Å²) in [5, 5.41) is 2.92. The molecule has 18 heavy (non-hydrogen) atoms. The van der Waals surface area contributed by atoms with Crippen molar-refractivity contribution in [1.29, 1.82) is 0 Å². The summed E-state index contributed by atoms with van der Waals surface area (Å²) >= 11 is 3.44. The molecule has 0 spiro atoms. The second kappa shape index (κ2) is 4.92. The molecule has 0 saturated heterocycles. The highest BCUT2D eigenvalue weighted by Gasteiger charge is 2.47. The minimum Gasteiger partial charge on any atom is -0.491 e. The van der Waals surface area contributed by atoms with E-state index in [1.54, 1.807) is 0 Å². The largest absolute Gasteiger partial charge is 0.491 e. The molecule has 1 fully saturated rings. The number of amides is 1. The lowest BCUT2D eigenvalue weighted by molar-refractivity contribution is -0.116. The number of carbonyl (C=O) groups is 1. The van der Waals surface area contributed by atoms with Crippen molar-refractivity contribution in [2.24, 2.45) is 0 Å². The van der Waals surface area contributed by atoms with E-state index in [-0.39, 0.29) is 16.3 Å². The van der Waals surface area contributed by atoms with E-state index in [2.05, 4.69) is 21.2 Å². The molecular formula is C14H18BrNO2. The summed E-state index contributed by atoms with van der Waals surface area (Å²) in [6.07, 6.45) is 1.97. The van der Waals surface area contributed by atoms with Crippen LogP contribution in [0.15, 0.2) is 18.2 Å². The smallest absolute Gasteiger partial charge is 0.241 e. The molecule has 0 aliphatic heterocycles. The second-order valence-electron chi connectivity index (χ2n) is 5.07. The van der Waals surface area contributed by atoms with Crippen LogP contribution < -0.4 is 10.1 Å². The van der Waals surface area contributed by atoms with E-state index in [9.17, 15) is 4.79 Å². The molecular weight excluding hydrogens is 294 g/mol. The first-order valence-electron chi connectivity index (χ1n) is 6.18. The Hall–Kier alpha value is -1.03. The number of ether oxygens (including phenoxy) is 1. The molecule has 0 atom stereocenters. The van der Waals surface area contributed by atoms with E-state index in [4.69, 9.17) is 4.74 Å². The maximum Gasteiger partial charge on any atom is 0.241 e. The number of hydrogen-bond acceptors (Lipinski definition) is 2. The average Bonchev–Trinajstić information content (AvgIpc) is 3.01. The zero-order valence-electron chi connectivity index (χ0n) is 10.9. The van der Waals surface area contributed by atoms with Crippen LogP contribution in [0.25, 0.3) is 0 Å². The third kappa shape index (κ3) is 3.05. The molecule has 0 unspecified atom stereocenters. The minimum absolute atomic E-state index is 0.0411. The lowest BCUT2D eigenvalue weighted by Gasteiger charge is -2.14. The van der Waals surface area contributed by atoms with Gasteiger partial charge in [-0.2, -0.15) is 0 Å². The van der Waals surface area contributed by atoms with Gasteiger partial charge in [-0.1, -0.05) is 15.9 Å². The van der Waals surface area contributed by atoms with E-state index >= 15 is 0 Å². The topological polar surface area (TPSA) is 38.3 Å². The van der Waals surface area contributed by atoms with Gasteiger partial charge in [-0.25, -0.2) is 0 Å². The van der Waals surface area contributed by atoms with Gasteiger partial charge in [-0.3, -0.25) is 4.79 Å². The summed E-state index contributed by atoms with van der Waals surface area (Å²) in [7, 11) is 0. The molecule has 1 saturated carbocycles. The first kappa shape index (κ1) is 13.4. The highest BCUT2D eigenvalue weighted by molar-refractivity contribution is 9.10. The molecule has 4 heteroatoms. The summed E-state index contributed by atoms with van der Waals surface area (Å²) in [6, 6.07) is 5.72. The molecule has 0 radical (unpaired) electrons. The number of aryl methyl sites for hydroxylation is 1. The molecule has 0 aromatic heterocycles. The Kier molecular flexibility index (Phi) is 3.66. The third-order valence-electron chi connectivity index (χ3n) is 2.89. The van der Waals surface area contributed by atoms with Crippen molar-refractivity contribution < 1.29 is 9.53 Å². The van der Waals surface area contributed by atoms with Crippen molar-refractivity contribution in [1.82, 2.24) is 0 Å². The number of rotatable bonds is 4. The van der Waals surface area contributed by atoms with Gasteiger partial charge in [0.1, 0.15) is 10.1 Å². The van der Waals surface area contributed by atoms with Crippen molar-refractivity contribution in [3.63, 3.8) is 0 Å². The number of anilines is 1. The molecule has 1 aliphatic rings. The van der Waals surface area contributed by atoms with Gasteiger partial charge in [-0.05, 0) is 57.4 Å². The molecule has 1 aliphatic carbocycles. The van der Waals surface area contributed by atoms with E-state index in [1.807, 2.05) is 39.0 Å². The highest BCUT2D eigenvalue weighted by Crippen LogP contribution is 2.45. The monoisotopic (exact) mass is 311 g/mol. The van der Waals surface area contributed by atoms with Crippen molar-refractivity contribution in [2.45, 2.75) is 44.0 Å². The molecule has 1 amide bonds. The first-order chi connectivity index (χ1) is 8.40. The first-order valence-corrected chi connectivity index (χ1v) is 6.98. The average molecular weight is 312 g/mol. The van der Waals surface area contributed by atoms with Gasteiger partial charge >= 0.3 is 0 Å². The van der Waals surface area contributed by atoms with Crippen LogP contribution in [0.5, 0.6) is 5.75 Å². The zero-order chi connectivity index (χ0) is 13.3. The Morgan fingerprint density at radius 1 is 1.44 bits per heavy atom. The maximum atomic E-state index is 11.9. The Bertz CT molecular complexity index is 467. The van der Waals surface area contributed by atoms with E-state index in [0.29, 0.717) is 0 Å². The fourth-order valence-electron chi connectivity index (χ4n) is 1.69. The third-order valence-corrected chi connectivity index (χ3v) is 4.04. The Labute approximate surface area is 116 Å². The Morgan fingerprint density at radius 3 is 2.61 bits per heavy atom. The van der Waals surface area contributed by atoms with E-state index in [0.717, 1.165) is 29.8 Å². The van der Waals surface area contributed by atoms with Gasteiger partial charge in [0, 0.05) is 5.69 Å². The summed E-state index contributed by atoms with van der Waals surface area (Å²) in [6.45, 7) is 5.97. The molecule has 98 valence electrons. The predicted octanol–water partition coefficient (Wildman–Crippen LogP) is 3.65. The molecule has 0 bridgehead atoms. The lowest BCUT2D eigenvalue weighted by Crippen LogP contribution is -2.24. The minimum atomic E-state index is -0.325. The van der Waals surface area contributed by atoms with Crippen molar-refractivity contribution in [3.05, 3.63) is 23.8 Å².